The maximum atomic E-state index is 13.0. The molecule has 0 amide bonds. The first-order chi connectivity index (χ1) is 15.0. The van der Waals surface area contributed by atoms with E-state index in [1.165, 1.54) is 6.07 Å². The number of hydrogen-bond acceptors (Lipinski definition) is 8. The van der Waals surface area contributed by atoms with Crippen LogP contribution in [0.5, 0.6) is 0 Å². The Morgan fingerprint density at radius 2 is 1.47 bits per heavy atom. The summed E-state index contributed by atoms with van der Waals surface area (Å²) in [6, 6.07) is 2.57. The van der Waals surface area contributed by atoms with Crippen molar-refractivity contribution in [3.05, 3.63) is 42.0 Å². The van der Waals surface area contributed by atoms with Crippen LogP contribution in [0.1, 0.15) is 31.7 Å². The van der Waals surface area contributed by atoms with Crippen molar-refractivity contribution in [2.45, 2.75) is 38.7 Å². The van der Waals surface area contributed by atoms with E-state index in [1.807, 2.05) is 13.8 Å². The SMILES string of the molecule is CCC(C)Nc1nc(Nc2ccnc(C(F)(F)F)c2)nc(-c2nccc(C(F)(F)F)n2)n1. The van der Waals surface area contributed by atoms with Crippen LogP contribution in [0.25, 0.3) is 11.6 Å². The van der Waals surface area contributed by atoms with E-state index < -0.39 is 29.6 Å². The molecule has 8 nitrogen and oxygen atoms in total. The van der Waals surface area contributed by atoms with Crippen LogP contribution >= 0.6 is 0 Å². The lowest BCUT2D eigenvalue weighted by atomic mass is 10.3. The van der Waals surface area contributed by atoms with Crippen LogP contribution in [-0.2, 0) is 12.4 Å². The van der Waals surface area contributed by atoms with Crippen LogP contribution in [0.4, 0.5) is 43.9 Å². The van der Waals surface area contributed by atoms with E-state index in [9.17, 15) is 26.3 Å². The van der Waals surface area contributed by atoms with Gasteiger partial charge in [0.05, 0.1) is 0 Å². The van der Waals surface area contributed by atoms with Crippen LogP contribution in [0.2, 0.25) is 0 Å². The van der Waals surface area contributed by atoms with Crippen molar-refractivity contribution in [1.29, 1.82) is 0 Å². The number of pyridine rings is 1. The fourth-order valence-corrected chi connectivity index (χ4v) is 2.34. The molecule has 3 aromatic rings. The Bertz CT molecular complexity index is 1090. The number of aromatic nitrogens is 6. The van der Waals surface area contributed by atoms with Gasteiger partial charge < -0.3 is 10.6 Å². The zero-order chi connectivity index (χ0) is 23.5. The van der Waals surface area contributed by atoms with E-state index in [2.05, 4.69) is 40.5 Å². The predicted octanol–water partition coefficient (Wildman–Crippen LogP) is 4.72. The number of nitrogens with zero attached hydrogens (tertiary/aromatic N) is 6. The fourth-order valence-electron chi connectivity index (χ4n) is 2.34. The van der Waals surface area contributed by atoms with Crippen molar-refractivity contribution in [1.82, 2.24) is 29.9 Å². The van der Waals surface area contributed by atoms with Gasteiger partial charge in [-0.05, 0) is 31.5 Å². The molecule has 0 saturated carbocycles. The summed E-state index contributed by atoms with van der Waals surface area (Å²) in [4.78, 5) is 22.6. The van der Waals surface area contributed by atoms with Gasteiger partial charge in [0.25, 0.3) is 0 Å². The van der Waals surface area contributed by atoms with Crippen molar-refractivity contribution in [3.63, 3.8) is 0 Å². The molecular formula is C18H16F6N8. The van der Waals surface area contributed by atoms with E-state index in [0.29, 0.717) is 12.5 Å². The molecule has 3 rings (SSSR count). The first kappa shape index (κ1) is 23.1. The summed E-state index contributed by atoms with van der Waals surface area (Å²) >= 11 is 0. The topological polar surface area (TPSA) is 101 Å². The first-order valence-electron chi connectivity index (χ1n) is 9.19. The minimum absolute atomic E-state index is 0.0158. The lowest BCUT2D eigenvalue weighted by Crippen LogP contribution is -2.17. The van der Waals surface area contributed by atoms with Gasteiger partial charge in [0.1, 0.15) is 11.4 Å². The van der Waals surface area contributed by atoms with Crippen LogP contribution in [0, 0.1) is 0 Å². The Morgan fingerprint density at radius 1 is 0.812 bits per heavy atom. The number of nitrogens with one attached hydrogen (secondary N) is 2. The monoisotopic (exact) mass is 458 g/mol. The summed E-state index contributed by atoms with van der Waals surface area (Å²) in [5.41, 5.74) is -2.38. The molecule has 2 N–H and O–H groups in total. The van der Waals surface area contributed by atoms with Crippen LogP contribution in [0.15, 0.2) is 30.6 Å². The quantitative estimate of drug-likeness (QED) is 0.512. The number of alkyl halides is 6. The summed E-state index contributed by atoms with van der Waals surface area (Å²) in [7, 11) is 0. The summed E-state index contributed by atoms with van der Waals surface area (Å²) in [6.45, 7) is 3.69. The van der Waals surface area contributed by atoms with E-state index in [-0.39, 0.29) is 29.5 Å². The smallest absolute Gasteiger partial charge is 0.352 e. The molecule has 3 aromatic heterocycles. The largest absolute Gasteiger partial charge is 0.433 e. The molecule has 170 valence electrons. The average molecular weight is 458 g/mol. The predicted molar refractivity (Wildman–Crippen MR) is 102 cm³/mol. The van der Waals surface area contributed by atoms with E-state index in [0.717, 1.165) is 18.5 Å². The van der Waals surface area contributed by atoms with Crippen molar-refractivity contribution in [2.24, 2.45) is 0 Å². The standard InChI is InChI=1S/C18H16F6N8/c1-3-9(2)27-15-30-14(13-26-7-5-11(29-13)17(19,20)21)31-16(32-15)28-10-4-6-25-12(8-10)18(22,23)24/h4-9H,3H2,1-2H3,(H2,25,27,28,30,31,32). The fraction of sp³-hybridized carbons (Fsp3) is 0.333. The molecule has 0 saturated heterocycles. The molecule has 0 spiro atoms. The van der Waals surface area contributed by atoms with Crippen molar-refractivity contribution in [2.75, 3.05) is 10.6 Å². The average Bonchev–Trinajstić information content (AvgIpc) is 2.72. The second kappa shape index (κ2) is 8.88. The van der Waals surface area contributed by atoms with Crippen LogP contribution < -0.4 is 10.6 Å². The molecular weight excluding hydrogens is 442 g/mol. The first-order valence-corrected chi connectivity index (χ1v) is 9.19. The zero-order valence-electron chi connectivity index (χ0n) is 16.6. The van der Waals surface area contributed by atoms with Gasteiger partial charge in [0.2, 0.25) is 17.7 Å². The highest BCUT2D eigenvalue weighted by molar-refractivity contribution is 5.57. The number of rotatable bonds is 6. The van der Waals surface area contributed by atoms with Crippen LogP contribution in [-0.4, -0.2) is 35.9 Å². The molecule has 0 aliphatic rings. The van der Waals surface area contributed by atoms with Crippen molar-refractivity contribution >= 4 is 17.6 Å². The molecule has 0 radical (unpaired) electrons. The highest BCUT2D eigenvalue weighted by Gasteiger charge is 2.34. The van der Waals surface area contributed by atoms with E-state index in [4.69, 9.17) is 0 Å². The van der Waals surface area contributed by atoms with E-state index in [1.54, 1.807) is 0 Å². The minimum atomic E-state index is -4.71. The molecule has 1 unspecified atom stereocenters. The number of hydrogen-bond donors (Lipinski definition) is 2. The van der Waals surface area contributed by atoms with Gasteiger partial charge in [-0.25, -0.2) is 9.97 Å². The Morgan fingerprint density at radius 3 is 2.12 bits per heavy atom. The molecule has 0 fully saturated rings. The second-order valence-corrected chi connectivity index (χ2v) is 6.58. The third-order valence-corrected chi connectivity index (χ3v) is 4.08. The molecule has 1 atom stereocenters. The second-order valence-electron chi connectivity index (χ2n) is 6.58. The summed E-state index contributed by atoms with van der Waals surface area (Å²) < 4.78 is 77.8. The van der Waals surface area contributed by atoms with Crippen LogP contribution in [0.3, 0.4) is 0 Å². The van der Waals surface area contributed by atoms with Crippen molar-refractivity contribution < 1.29 is 26.3 Å². The van der Waals surface area contributed by atoms with E-state index >= 15 is 0 Å². The molecule has 0 bridgehead atoms. The zero-order valence-corrected chi connectivity index (χ0v) is 16.6. The van der Waals surface area contributed by atoms with Gasteiger partial charge in [-0.3, -0.25) is 4.98 Å². The maximum absolute atomic E-state index is 13.0. The Labute approximate surface area is 177 Å². The third-order valence-electron chi connectivity index (χ3n) is 4.08. The Kier molecular flexibility index (Phi) is 6.41. The Balaban J connectivity index is 2.03. The van der Waals surface area contributed by atoms with Gasteiger partial charge in [0, 0.05) is 24.1 Å². The molecule has 3 heterocycles. The van der Waals surface area contributed by atoms with Gasteiger partial charge in [-0.1, -0.05) is 6.92 Å². The van der Waals surface area contributed by atoms with Gasteiger partial charge in [-0.15, -0.1) is 0 Å². The molecule has 0 aromatic carbocycles. The summed E-state index contributed by atoms with van der Waals surface area (Å²) in [5, 5.41) is 5.52. The molecule has 0 aliphatic carbocycles. The minimum Gasteiger partial charge on any atom is -0.352 e. The maximum Gasteiger partial charge on any atom is 0.433 e. The molecule has 0 aliphatic heterocycles. The van der Waals surface area contributed by atoms with Gasteiger partial charge >= 0.3 is 12.4 Å². The summed E-state index contributed by atoms with van der Waals surface area (Å²) in [5.74, 6) is -0.966. The molecule has 32 heavy (non-hydrogen) atoms. The normalized spacial score (nSPS) is 13.0. The third kappa shape index (κ3) is 5.76. The lowest BCUT2D eigenvalue weighted by Gasteiger charge is -2.14. The summed E-state index contributed by atoms with van der Waals surface area (Å²) in [6.07, 6.45) is -6.86. The van der Waals surface area contributed by atoms with Gasteiger partial charge in [0.15, 0.2) is 5.82 Å². The Hall–Kier alpha value is -3.58. The number of anilines is 3. The van der Waals surface area contributed by atoms with Gasteiger partial charge in [-0.2, -0.15) is 41.3 Å². The lowest BCUT2D eigenvalue weighted by molar-refractivity contribution is -0.141. The molecule has 14 heteroatoms. The highest BCUT2D eigenvalue weighted by Crippen LogP contribution is 2.30. The highest BCUT2D eigenvalue weighted by atomic mass is 19.4. The number of halogens is 6. The van der Waals surface area contributed by atoms with Crippen molar-refractivity contribution in [3.8, 4) is 11.6 Å².